The molecule has 7 nitrogen and oxygen atoms in total. The second-order valence-corrected chi connectivity index (χ2v) is 6.31. The minimum absolute atomic E-state index is 0.0535. The fourth-order valence-electron chi connectivity index (χ4n) is 2.11. The summed E-state index contributed by atoms with van der Waals surface area (Å²) in [6, 6.07) is 7.00. The number of rotatable bonds is 11. The van der Waals surface area contributed by atoms with Gasteiger partial charge in [-0.05, 0) is 31.5 Å². The molecule has 0 aromatic heterocycles. The van der Waals surface area contributed by atoms with E-state index in [4.69, 9.17) is 15.2 Å². The van der Waals surface area contributed by atoms with Gasteiger partial charge in [0.05, 0.1) is 12.1 Å². The number of nitriles is 1. The Labute approximate surface area is 157 Å². The highest BCUT2D eigenvalue weighted by molar-refractivity contribution is 8.02. The van der Waals surface area contributed by atoms with E-state index in [0.717, 1.165) is 5.56 Å². The minimum Gasteiger partial charge on any atom is -0.496 e. The Morgan fingerprint density at radius 3 is 2.62 bits per heavy atom. The summed E-state index contributed by atoms with van der Waals surface area (Å²) in [4.78, 5) is 23.1. The van der Waals surface area contributed by atoms with Crippen LogP contribution in [0.2, 0.25) is 0 Å². The van der Waals surface area contributed by atoms with Gasteiger partial charge in [0.25, 0.3) is 5.91 Å². The van der Waals surface area contributed by atoms with E-state index in [2.05, 4.69) is 5.32 Å². The molecule has 0 aliphatic rings. The Hall–Kier alpha value is -2.50. The van der Waals surface area contributed by atoms with Crippen LogP contribution in [0.5, 0.6) is 5.75 Å². The molecule has 0 unspecified atom stereocenters. The fraction of sp³-hybridized carbons (Fsp3) is 0.389. The van der Waals surface area contributed by atoms with Gasteiger partial charge >= 0.3 is 0 Å². The molecule has 0 saturated heterocycles. The Morgan fingerprint density at radius 2 is 2.08 bits per heavy atom. The lowest BCUT2D eigenvalue weighted by Crippen LogP contribution is -2.22. The maximum absolute atomic E-state index is 11.6. The van der Waals surface area contributed by atoms with Gasteiger partial charge in [0.1, 0.15) is 17.4 Å². The summed E-state index contributed by atoms with van der Waals surface area (Å²) in [6.07, 6.45) is 0.709. The van der Waals surface area contributed by atoms with Crippen LogP contribution in [0.3, 0.4) is 0 Å². The van der Waals surface area contributed by atoms with Crippen LogP contribution >= 0.6 is 11.8 Å². The van der Waals surface area contributed by atoms with E-state index in [-0.39, 0.29) is 11.4 Å². The third-order valence-electron chi connectivity index (χ3n) is 3.45. The normalized spacial score (nSPS) is 11.3. The molecule has 0 saturated carbocycles. The van der Waals surface area contributed by atoms with E-state index in [1.54, 1.807) is 32.4 Å². The van der Waals surface area contributed by atoms with Crippen molar-refractivity contribution >= 4 is 23.5 Å². The summed E-state index contributed by atoms with van der Waals surface area (Å²) in [6.45, 7) is 2.57. The average molecular weight is 377 g/mol. The molecule has 3 N–H and O–H groups in total. The fourth-order valence-corrected chi connectivity index (χ4v) is 3.13. The number of nitrogens with two attached hydrogens (primary N) is 1. The summed E-state index contributed by atoms with van der Waals surface area (Å²) in [5, 5.41) is 12.7. The van der Waals surface area contributed by atoms with E-state index < -0.39 is 5.91 Å². The molecule has 0 aliphatic heterocycles. The van der Waals surface area contributed by atoms with Gasteiger partial charge < -0.3 is 20.5 Å². The number of amides is 1. The summed E-state index contributed by atoms with van der Waals surface area (Å²) in [7, 11) is 3.14. The number of carbonyl (C=O) groups excluding carboxylic acids is 2. The molecule has 1 amide bonds. The number of ether oxygens (including phenoxy) is 2. The summed E-state index contributed by atoms with van der Waals surface area (Å²) < 4.78 is 10.3. The van der Waals surface area contributed by atoms with Gasteiger partial charge in [-0.25, -0.2) is 0 Å². The van der Waals surface area contributed by atoms with E-state index in [0.29, 0.717) is 41.7 Å². The van der Waals surface area contributed by atoms with Gasteiger partial charge in [0.15, 0.2) is 5.78 Å². The lowest BCUT2D eigenvalue weighted by molar-refractivity contribution is -0.114. The van der Waals surface area contributed by atoms with Gasteiger partial charge in [-0.2, -0.15) is 5.26 Å². The molecule has 1 aromatic carbocycles. The molecule has 8 heteroatoms. The van der Waals surface area contributed by atoms with Crippen LogP contribution in [0.15, 0.2) is 28.8 Å². The van der Waals surface area contributed by atoms with Crippen molar-refractivity contribution in [1.29, 1.82) is 5.26 Å². The monoisotopic (exact) mass is 377 g/mol. The van der Waals surface area contributed by atoms with Crippen molar-refractivity contribution in [1.82, 2.24) is 5.32 Å². The Balaban J connectivity index is 3.02. The number of methoxy groups -OCH3 is 2. The summed E-state index contributed by atoms with van der Waals surface area (Å²) >= 11 is 1.26. The van der Waals surface area contributed by atoms with Crippen LogP contribution in [0.4, 0.5) is 0 Å². The minimum atomic E-state index is -0.793. The molecule has 0 spiro atoms. The standard InChI is InChI=1S/C18H23N3O4S/c1-12(22)13-5-6-16(25-3)14(9-13)11-26-18(15(10-19)17(20)23)21-7-4-8-24-2/h5-6,9,21H,4,7-8,11H2,1-3H3,(H2,20,23). The quantitative estimate of drug-likeness (QED) is 0.262. The molecule has 0 radical (unpaired) electrons. The maximum Gasteiger partial charge on any atom is 0.262 e. The van der Waals surface area contributed by atoms with Gasteiger partial charge in [0.2, 0.25) is 0 Å². The molecule has 0 atom stereocenters. The predicted octanol–water partition coefficient (Wildman–Crippen LogP) is 1.98. The smallest absolute Gasteiger partial charge is 0.262 e. The van der Waals surface area contributed by atoms with E-state index in [1.807, 2.05) is 6.07 Å². The van der Waals surface area contributed by atoms with Gasteiger partial charge in [0, 0.05) is 37.1 Å². The lowest BCUT2D eigenvalue weighted by Gasteiger charge is -2.14. The first kappa shape index (κ1) is 21.5. The predicted molar refractivity (Wildman–Crippen MR) is 101 cm³/mol. The molecule has 26 heavy (non-hydrogen) atoms. The number of primary amides is 1. The number of hydrogen-bond acceptors (Lipinski definition) is 7. The number of hydrogen-bond donors (Lipinski definition) is 2. The van der Waals surface area contributed by atoms with Crippen LogP contribution in [0.25, 0.3) is 0 Å². The molecule has 0 aliphatic carbocycles. The third kappa shape index (κ3) is 6.43. The zero-order valence-corrected chi connectivity index (χ0v) is 15.9. The van der Waals surface area contributed by atoms with Gasteiger partial charge in [-0.15, -0.1) is 11.8 Å². The average Bonchev–Trinajstić information content (AvgIpc) is 2.62. The maximum atomic E-state index is 11.6. The number of carbonyl (C=O) groups is 2. The third-order valence-corrected chi connectivity index (χ3v) is 4.55. The van der Waals surface area contributed by atoms with Crippen LogP contribution in [-0.2, 0) is 15.3 Å². The van der Waals surface area contributed by atoms with Crippen LogP contribution in [0.1, 0.15) is 29.3 Å². The lowest BCUT2D eigenvalue weighted by atomic mass is 10.1. The van der Waals surface area contributed by atoms with Crippen LogP contribution in [-0.4, -0.2) is 39.1 Å². The summed E-state index contributed by atoms with van der Waals surface area (Å²) in [5.74, 6) is 0.176. The molecule has 1 rings (SSSR count). The Kier molecular flexibility index (Phi) is 9.26. The molecule has 0 heterocycles. The highest BCUT2D eigenvalue weighted by atomic mass is 32.2. The first-order valence-electron chi connectivity index (χ1n) is 7.92. The number of benzene rings is 1. The number of nitrogens with one attached hydrogen (secondary N) is 1. The first-order chi connectivity index (χ1) is 12.4. The zero-order chi connectivity index (χ0) is 19.5. The largest absolute Gasteiger partial charge is 0.496 e. The van der Waals surface area contributed by atoms with Crippen molar-refractivity contribution in [3.05, 3.63) is 39.9 Å². The zero-order valence-electron chi connectivity index (χ0n) is 15.1. The van der Waals surface area contributed by atoms with Crippen molar-refractivity contribution in [2.24, 2.45) is 5.73 Å². The number of Topliss-reactive ketones (excluding diaryl/α,β-unsaturated/α-hetero) is 1. The number of thioether (sulfide) groups is 1. The SMILES string of the molecule is COCCCNC(SCc1cc(C(C)=O)ccc1OC)=C(C#N)C(N)=O. The van der Waals surface area contributed by atoms with E-state index in [1.165, 1.54) is 18.7 Å². The molecule has 0 bridgehead atoms. The molecule has 1 aromatic rings. The topological polar surface area (TPSA) is 114 Å². The molecule has 0 fully saturated rings. The van der Waals surface area contributed by atoms with Crippen LogP contribution in [0, 0.1) is 11.3 Å². The van der Waals surface area contributed by atoms with Crippen molar-refractivity contribution < 1.29 is 19.1 Å². The summed E-state index contributed by atoms with van der Waals surface area (Å²) in [5.41, 5.74) is 6.52. The first-order valence-corrected chi connectivity index (χ1v) is 8.90. The van der Waals surface area contributed by atoms with Gasteiger partial charge in [-0.1, -0.05) is 0 Å². The van der Waals surface area contributed by atoms with E-state index >= 15 is 0 Å². The van der Waals surface area contributed by atoms with Crippen molar-refractivity contribution in [2.45, 2.75) is 19.1 Å². The van der Waals surface area contributed by atoms with Gasteiger partial charge in [-0.3, -0.25) is 9.59 Å². The Bertz CT molecular complexity index is 726. The Morgan fingerprint density at radius 1 is 1.35 bits per heavy atom. The molecular weight excluding hydrogens is 354 g/mol. The van der Waals surface area contributed by atoms with Crippen LogP contribution < -0.4 is 15.8 Å². The second kappa shape index (κ2) is 11.2. The van der Waals surface area contributed by atoms with Crippen molar-refractivity contribution in [3.8, 4) is 11.8 Å². The molecular formula is C18H23N3O4S. The number of nitrogens with zero attached hydrogens (tertiary/aromatic N) is 1. The van der Waals surface area contributed by atoms with Crippen molar-refractivity contribution in [2.75, 3.05) is 27.4 Å². The highest BCUT2D eigenvalue weighted by Crippen LogP contribution is 2.28. The van der Waals surface area contributed by atoms with Crippen molar-refractivity contribution in [3.63, 3.8) is 0 Å². The number of ketones is 1. The highest BCUT2D eigenvalue weighted by Gasteiger charge is 2.15. The molecule has 140 valence electrons. The van der Waals surface area contributed by atoms with E-state index in [9.17, 15) is 14.9 Å². The second-order valence-electron chi connectivity index (χ2n) is 5.32.